The number of hydrogen-bond donors (Lipinski definition) is 1. The second-order valence-electron chi connectivity index (χ2n) is 7.26. The van der Waals surface area contributed by atoms with E-state index in [2.05, 4.69) is 35.6 Å². The molecule has 0 unspecified atom stereocenters. The zero-order chi connectivity index (χ0) is 24.3. The van der Waals surface area contributed by atoms with Gasteiger partial charge in [0.2, 0.25) is 5.88 Å². The van der Waals surface area contributed by atoms with Gasteiger partial charge in [0.15, 0.2) is 0 Å². The van der Waals surface area contributed by atoms with Gasteiger partial charge in [-0.3, -0.25) is 9.29 Å². The predicted molar refractivity (Wildman–Crippen MR) is 131 cm³/mol. The minimum Gasteiger partial charge on any atom is -0.492 e. The molecule has 2 aromatic carbocycles. The largest absolute Gasteiger partial charge is 0.492 e. The molecule has 0 saturated carbocycles. The van der Waals surface area contributed by atoms with E-state index in [1.165, 1.54) is 12.4 Å². The van der Waals surface area contributed by atoms with E-state index in [1.807, 2.05) is 18.4 Å². The molecule has 2 aromatic heterocycles. The van der Waals surface area contributed by atoms with E-state index < -0.39 is 10.0 Å². The summed E-state index contributed by atoms with van der Waals surface area (Å²) in [6.45, 7) is 6.02. The summed E-state index contributed by atoms with van der Waals surface area (Å²) in [6.07, 6.45) is 3.11. The van der Waals surface area contributed by atoms with Gasteiger partial charge in [-0.1, -0.05) is 15.9 Å². The fourth-order valence-corrected chi connectivity index (χ4v) is 4.88. The van der Waals surface area contributed by atoms with Crippen LogP contribution in [0.15, 0.2) is 70.6 Å². The number of nitrogens with one attached hydrogen (secondary N) is 1. The molecule has 176 valence electrons. The third-order valence-corrected chi connectivity index (χ3v) is 6.85. The Hall–Kier alpha value is -3.44. The van der Waals surface area contributed by atoms with Crippen molar-refractivity contribution in [3.05, 3.63) is 77.0 Å². The molecule has 0 aliphatic rings. The number of benzene rings is 2. The molecule has 0 bridgehead atoms. The Bertz CT molecular complexity index is 1420. The summed E-state index contributed by atoms with van der Waals surface area (Å²) < 4.78 is 42.3. The van der Waals surface area contributed by atoms with Gasteiger partial charge < -0.3 is 9.47 Å². The van der Waals surface area contributed by atoms with E-state index in [9.17, 15) is 8.42 Å². The number of aryl methyl sites for hydroxylation is 1. The van der Waals surface area contributed by atoms with Gasteiger partial charge in [-0.25, -0.2) is 23.4 Å². The van der Waals surface area contributed by atoms with Crippen LogP contribution in [0.25, 0.3) is 5.82 Å². The summed E-state index contributed by atoms with van der Waals surface area (Å²) in [6, 6.07) is 13.1. The summed E-state index contributed by atoms with van der Waals surface area (Å²) in [5.41, 5.74) is 2.26. The molecule has 0 aliphatic carbocycles. The Morgan fingerprint density at radius 1 is 1.03 bits per heavy atom. The summed E-state index contributed by atoms with van der Waals surface area (Å²) in [4.78, 5) is 12.8. The lowest BCUT2D eigenvalue weighted by atomic mass is 10.3. The topological polar surface area (TPSA) is 108 Å². The number of anilines is 1. The van der Waals surface area contributed by atoms with Crippen molar-refractivity contribution in [1.29, 1.82) is 0 Å². The standard InChI is InChI=1S/C23H22BrN5O4S/c1-4-32-20-10-5-17(24)11-21(20)34(30,31)28-18-6-8-19(9-7-18)33-23-12-22(25-13-26-23)29-14-27-15(2)16(29)3/h5-14,28H,4H2,1-3H3. The van der Waals surface area contributed by atoms with Crippen LogP contribution in [0, 0.1) is 13.8 Å². The molecule has 0 radical (unpaired) electrons. The molecule has 4 rings (SSSR count). The summed E-state index contributed by atoms with van der Waals surface area (Å²) in [5.74, 6) is 1.75. The summed E-state index contributed by atoms with van der Waals surface area (Å²) in [5, 5.41) is 0. The first kappa shape index (κ1) is 23.7. The van der Waals surface area contributed by atoms with Gasteiger partial charge in [-0.05, 0) is 63.2 Å². The van der Waals surface area contributed by atoms with Gasteiger partial charge in [0.05, 0.1) is 12.3 Å². The Kier molecular flexibility index (Phi) is 6.85. The average Bonchev–Trinajstić information content (AvgIpc) is 3.15. The molecular formula is C23H22BrN5O4S. The van der Waals surface area contributed by atoms with Crippen LogP contribution >= 0.6 is 15.9 Å². The molecule has 0 aliphatic heterocycles. The van der Waals surface area contributed by atoms with Crippen molar-refractivity contribution < 1.29 is 17.9 Å². The highest BCUT2D eigenvalue weighted by atomic mass is 79.9. The monoisotopic (exact) mass is 543 g/mol. The van der Waals surface area contributed by atoms with Crippen LogP contribution in [0.4, 0.5) is 5.69 Å². The molecule has 9 nitrogen and oxygen atoms in total. The minimum atomic E-state index is -3.87. The van der Waals surface area contributed by atoms with Crippen molar-refractivity contribution in [2.75, 3.05) is 11.3 Å². The highest BCUT2D eigenvalue weighted by Gasteiger charge is 2.20. The molecule has 0 amide bonds. The van der Waals surface area contributed by atoms with Gasteiger partial charge >= 0.3 is 0 Å². The number of ether oxygens (including phenoxy) is 2. The van der Waals surface area contributed by atoms with Crippen LogP contribution < -0.4 is 14.2 Å². The third-order valence-electron chi connectivity index (χ3n) is 4.95. The van der Waals surface area contributed by atoms with Gasteiger partial charge in [-0.15, -0.1) is 0 Å². The van der Waals surface area contributed by atoms with E-state index in [-0.39, 0.29) is 10.6 Å². The van der Waals surface area contributed by atoms with Crippen LogP contribution in [0.5, 0.6) is 17.4 Å². The summed E-state index contributed by atoms with van der Waals surface area (Å²) in [7, 11) is -3.87. The molecule has 34 heavy (non-hydrogen) atoms. The highest BCUT2D eigenvalue weighted by Crippen LogP contribution is 2.30. The zero-order valence-electron chi connectivity index (χ0n) is 18.7. The van der Waals surface area contributed by atoms with Crippen LogP contribution in [0.2, 0.25) is 0 Å². The van der Waals surface area contributed by atoms with Crippen LogP contribution in [0.3, 0.4) is 0 Å². The van der Waals surface area contributed by atoms with Crippen LogP contribution in [0.1, 0.15) is 18.3 Å². The minimum absolute atomic E-state index is 0.0441. The molecule has 11 heteroatoms. The Balaban J connectivity index is 1.51. The van der Waals surface area contributed by atoms with Crippen molar-refractivity contribution in [2.24, 2.45) is 0 Å². The lowest BCUT2D eigenvalue weighted by Crippen LogP contribution is -2.14. The second kappa shape index (κ2) is 9.82. The smallest absolute Gasteiger partial charge is 0.265 e. The zero-order valence-corrected chi connectivity index (χ0v) is 21.1. The highest BCUT2D eigenvalue weighted by molar-refractivity contribution is 9.10. The Morgan fingerprint density at radius 3 is 2.47 bits per heavy atom. The van der Waals surface area contributed by atoms with Gasteiger partial charge in [0.1, 0.15) is 34.9 Å². The maximum absolute atomic E-state index is 13.0. The first-order valence-electron chi connectivity index (χ1n) is 10.3. The molecule has 1 N–H and O–H groups in total. The van der Waals surface area contributed by atoms with E-state index in [4.69, 9.17) is 9.47 Å². The van der Waals surface area contributed by atoms with Crippen molar-refractivity contribution >= 4 is 31.6 Å². The summed E-state index contributed by atoms with van der Waals surface area (Å²) >= 11 is 3.31. The van der Waals surface area contributed by atoms with Gasteiger partial charge in [0.25, 0.3) is 10.0 Å². The fraction of sp³-hybridized carbons (Fsp3) is 0.174. The quantitative estimate of drug-likeness (QED) is 0.331. The lowest BCUT2D eigenvalue weighted by molar-refractivity contribution is 0.331. The fourth-order valence-electron chi connectivity index (χ4n) is 3.14. The van der Waals surface area contributed by atoms with E-state index in [0.717, 1.165) is 11.4 Å². The Labute approximate surface area is 206 Å². The third kappa shape index (κ3) is 5.20. The number of nitrogens with zero attached hydrogens (tertiary/aromatic N) is 4. The average molecular weight is 544 g/mol. The molecular weight excluding hydrogens is 522 g/mol. The molecule has 4 aromatic rings. The van der Waals surface area contributed by atoms with Crippen molar-refractivity contribution in [3.63, 3.8) is 0 Å². The Morgan fingerprint density at radius 2 is 1.79 bits per heavy atom. The van der Waals surface area contributed by atoms with Crippen molar-refractivity contribution in [3.8, 4) is 23.2 Å². The van der Waals surface area contributed by atoms with E-state index in [0.29, 0.717) is 34.2 Å². The normalized spacial score (nSPS) is 11.3. The van der Waals surface area contributed by atoms with Crippen molar-refractivity contribution in [1.82, 2.24) is 19.5 Å². The predicted octanol–water partition coefficient (Wildman–Crippen LogP) is 5.03. The first-order valence-corrected chi connectivity index (χ1v) is 12.6. The molecule has 0 saturated heterocycles. The van der Waals surface area contributed by atoms with Crippen LogP contribution in [-0.4, -0.2) is 34.5 Å². The van der Waals surface area contributed by atoms with E-state index in [1.54, 1.807) is 55.7 Å². The van der Waals surface area contributed by atoms with Gasteiger partial charge in [-0.2, -0.15) is 0 Å². The number of hydrogen-bond acceptors (Lipinski definition) is 7. The van der Waals surface area contributed by atoms with Crippen molar-refractivity contribution in [2.45, 2.75) is 25.7 Å². The van der Waals surface area contributed by atoms with E-state index >= 15 is 0 Å². The molecule has 0 atom stereocenters. The number of halogens is 1. The lowest BCUT2D eigenvalue weighted by Gasteiger charge is -2.13. The maximum atomic E-state index is 13.0. The number of rotatable bonds is 8. The molecule has 0 fully saturated rings. The van der Waals surface area contributed by atoms with Gasteiger partial charge in [0, 0.05) is 21.9 Å². The van der Waals surface area contributed by atoms with Crippen LogP contribution in [-0.2, 0) is 10.0 Å². The maximum Gasteiger partial charge on any atom is 0.265 e. The SMILES string of the molecule is CCOc1ccc(Br)cc1S(=O)(=O)Nc1ccc(Oc2cc(-n3cnc(C)c3C)ncn2)cc1. The second-order valence-corrected chi connectivity index (χ2v) is 9.82. The number of imidazole rings is 1. The molecule has 2 heterocycles. The number of sulfonamides is 1. The molecule has 0 spiro atoms. The first-order chi connectivity index (χ1) is 16.3. The number of aromatic nitrogens is 4.